The van der Waals surface area contributed by atoms with Gasteiger partial charge in [0.05, 0.1) is 18.4 Å². The van der Waals surface area contributed by atoms with Crippen molar-refractivity contribution < 1.29 is 14.3 Å². The highest BCUT2D eigenvalue weighted by atomic mass is 32.2. The Bertz CT molecular complexity index is 1080. The first kappa shape index (κ1) is 20.5. The van der Waals surface area contributed by atoms with Crippen molar-refractivity contribution in [1.82, 2.24) is 19.7 Å². The van der Waals surface area contributed by atoms with Crippen LogP contribution in [0.15, 0.2) is 29.7 Å². The Morgan fingerprint density at radius 2 is 2.13 bits per heavy atom. The second-order valence-corrected chi connectivity index (χ2v) is 8.90. The van der Waals surface area contributed by atoms with E-state index >= 15 is 0 Å². The van der Waals surface area contributed by atoms with Gasteiger partial charge in [-0.2, -0.15) is 0 Å². The maximum Gasteiger partial charge on any atom is 0.341 e. The normalized spacial score (nSPS) is 13.0. The summed E-state index contributed by atoms with van der Waals surface area (Å²) in [5.41, 5.74) is 2.39. The molecule has 1 aliphatic rings. The first-order valence-corrected chi connectivity index (χ1v) is 11.3. The summed E-state index contributed by atoms with van der Waals surface area (Å²) in [5.74, 6) is 0.244. The monoisotopic (exact) mass is 443 g/mol. The summed E-state index contributed by atoms with van der Waals surface area (Å²) < 4.78 is 6.79. The lowest BCUT2D eigenvalue weighted by atomic mass is 9.95. The van der Waals surface area contributed by atoms with Crippen LogP contribution in [-0.4, -0.2) is 44.5 Å². The van der Waals surface area contributed by atoms with Crippen LogP contribution in [-0.2, 0) is 29.4 Å². The van der Waals surface area contributed by atoms with E-state index in [4.69, 9.17) is 4.74 Å². The van der Waals surface area contributed by atoms with Crippen LogP contribution in [0.1, 0.15) is 33.6 Å². The molecule has 3 heterocycles. The highest BCUT2D eigenvalue weighted by Gasteiger charge is 2.27. The molecule has 3 aromatic heterocycles. The van der Waals surface area contributed by atoms with E-state index in [0.717, 1.165) is 36.8 Å². The first-order valence-electron chi connectivity index (χ1n) is 9.53. The second kappa shape index (κ2) is 8.97. The number of fused-ring (bicyclic) bond motifs is 1. The maximum atomic E-state index is 12.6. The Labute approximate surface area is 182 Å². The van der Waals surface area contributed by atoms with Crippen molar-refractivity contribution in [2.45, 2.75) is 30.8 Å². The number of carbonyl (C=O) groups is 2. The van der Waals surface area contributed by atoms with Crippen LogP contribution in [0.5, 0.6) is 0 Å². The molecular formula is C20H21N5O3S2. The molecule has 1 aliphatic carbocycles. The molecule has 0 unspecified atom stereocenters. The Morgan fingerprint density at radius 3 is 2.90 bits per heavy atom. The van der Waals surface area contributed by atoms with Gasteiger partial charge in [-0.3, -0.25) is 9.78 Å². The van der Waals surface area contributed by atoms with Gasteiger partial charge in [0.15, 0.2) is 11.0 Å². The molecule has 0 radical (unpaired) electrons. The van der Waals surface area contributed by atoms with Gasteiger partial charge in [-0.25, -0.2) is 4.79 Å². The summed E-state index contributed by atoms with van der Waals surface area (Å²) >= 11 is 2.77. The van der Waals surface area contributed by atoms with Gasteiger partial charge in [0.2, 0.25) is 5.91 Å². The van der Waals surface area contributed by atoms with Gasteiger partial charge in [-0.15, -0.1) is 21.5 Å². The van der Waals surface area contributed by atoms with Gasteiger partial charge in [0.25, 0.3) is 0 Å². The van der Waals surface area contributed by atoms with Crippen LogP contribution < -0.4 is 5.32 Å². The summed E-state index contributed by atoms with van der Waals surface area (Å²) in [6.07, 6.45) is 7.34. The van der Waals surface area contributed by atoms with Crippen LogP contribution in [0, 0.1) is 0 Å². The molecule has 156 valence electrons. The smallest absolute Gasteiger partial charge is 0.341 e. The number of thiophene rings is 1. The van der Waals surface area contributed by atoms with Crippen molar-refractivity contribution in [2.24, 2.45) is 7.05 Å². The predicted octanol–water partition coefficient (Wildman–Crippen LogP) is 3.33. The minimum atomic E-state index is -0.397. The third-order valence-electron chi connectivity index (χ3n) is 4.90. The van der Waals surface area contributed by atoms with E-state index in [0.29, 0.717) is 21.5 Å². The zero-order valence-corrected chi connectivity index (χ0v) is 18.3. The van der Waals surface area contributed by atoms with E-state index in [9.17, 15) is 9.59 Å². The molecule has 30 heavy (non-hydrogen) atoms. The van der Waals surface area contributed by atoms with Crippen molar-refractivity contribution in [3.05, 3.63) is 40.5 Å². The van der Waals surface area contributed by atoms with E-state index in [-0.39, 0.29) is 11.7 Å². The average molecular weight is 444 g/mol. The molecule has 4 rings (SSSR count). The molecule has 0 saturated carbocycles. The van der Waals surface area contributed by atoms with E-state index in [1.165, 1.54) is 35.1 Å². The number of nitrogens with zero attached hydrogens (tertiary/aromatic N) is 4. The van der Waals surface area contributed by atoms with Crippen molar-refractivity contribution >= 4 is 40.0 Å². The van der Waals surface area contributed by atoms with Gasteiger partial charge >= 0.3 is 5.97 Å². The molecule has 1 N–H and O–H groups in total. The van der Waals surface area contributed by atoms with Crippen molar-refractivity contribution in [3.8, 4) is 11.4 Å². The summed E-state index contributed by atoms with van der Waals surface area (Å²) in [6.45, 7) is 0. The molecule has 3 aromatic rings. The molecular weight excluding hydrogens is 422 g/mol. The summed E-state index contributed by atoms with van der Waals surface area (Å²) in [4.78, 5) is 30.2. The molecule has 0 aromatic carbocycles. The zero-order chi connectivity index (χ0) is 21.1. The largest absolute Gasteiger partial charge is 0.465 e. The minimum Gasteiger partial charge on any atom is -0.465 e. The number of aryl methyl sites for hydroxylation is 1. The van der Waals surface area contributed by atoms with E-state index in [1.54, 1.807) is 12.4 Å². The van der Waals surface area contributed by atoms with Crippen LogP contribution in [0.25, 0.3) is 11.4 Å². The van der Waals surface area contributed by atoms with Crippen molar-refractivity contribution in [1.29, 1.82) is 0 Å². The topological polar surface area (TPSA) is 99.0 Å². The number of nitrogens with one attached hydrogen (secondary N) is 1. The average Bonchev–Trinajstić information content (AvgIpc) is 3.32. The minimum absolute atomic E-state index is 0.155. The number of rotatable bonds is 6. The van der Waals surface area contributed by atoms with E-state index < -0.39 is 5.97 Å². The predicted molar refractivity (Wildman–Crippen MR) is 116 cm³/mol. The quantitative estimate of drug-likeness (QED) is 0.461. The number of pyridine rings is 1. The van der Waals surface area contributed by atoms with Gasteiger partial charge in [0, 0.05) is 29.9 Å². The van der Waals surface area contributed by atoms with E-state index in [2.05, 4.69) is 20.5 Å². The second-order valence-electron chi connectivity index (χ2n) is 6.85. The number of ether oxygens (including phenoxy) is 1. The number of methoxy groups -OCH3 is 1. The fourth-order valence-corrected chi connectivity index (χ4v) is 5.46. The molecule has 0 bridgehead atoms. The maximum absolute atomic E-state index is 12.6. The number of hydrogen-bond donors (Lipinski definition) is 1. The Balaban J connectivity index is 1.46. The van der Waals surface area contributed by atoms with Gasteiger partial charge in [-0.05, 0) is 43.4 Å². The van der Waals surface area contributed by atoms with Gasteiger partial charge in [0.1, 0.15) is 5.00 Å². The van der Waals surface area contributed by atoms with Crippen molar-refractivity contribution in [2.75, 3.05) is 18.2 Å². The molecule has 0 aliphatic heterocycles. The molecule has 0 atom stereocenters. The number of esters is 1. The number of carbonyl (C=O) groups excluding carboxylic acids is 2. The van der Waals surface area contributed by atoms with Crippen LogP contribution >= 0.6 is 23.1 Å². The molecule has 1 amide bonds. The van der Waals surface area contributed by atoms with Crippen LogP contribution in [0.4, 0.5) is 5.00 Å². The molecule has 0 fully saturated rings. The molecule has 8 nitrogen and oxygen atoms in total. The fourth-order valence-electron chi connectivity index (χ4n) is 3.45. The Morgan fingerprint density at radius 1 is 1.30 bits per heavy atom. The number of hydrogen-bond acceptors (Lipinski definition) is 8. The Hall–Kier alpha value is -2.72. The molecule has 0 saturated heterocycles. The first-order chi connectivity index (χ1) is 14.6. The van der Waals surface area contributed by atoms with Gasteiger partial charge < -0.3 is 14.6 Å². The number of thioether (sulfide) groups is 1. The summed E-state index contributed by atoms with van der Waals surface area (Å²) in [7, 11) is 3.22. The SMILES string of the molecule is COC(=O)c1c(NC(=O)CSc2nnc(-c3cccnc3)n2C)sc2c1CCCC2. The van der Waals surface area contributed by atoms with E-state index in [1.807, 2.05) is 23.7 Å². The third-order valence-corrected chi connectivity index (χ3v) is 7.13. The lowest BCUT2D eigenvalue weighted by Gasteiger charge is -2.11. The summed E-state index contributed by atoms with van der Waals surface area (Å²) in [5, 5.41) is 12.5. The van der Waals surface area contributed by atoms with Crippen molar-refractivity contribution in [3.63, 3.8) is 0 Å². The highest BCUT2D eigenvalue weighted by Crippen LogP contribution is 2.38. The standard InChI is InChI=1S/C20H21N5O3S2/c1-25-17(12-6-5-9-21-10-12)23-24-20(25)29-11-15(26)22-18-16(19(27)28-2)13-7-3-4-8-14(13)30-18/h5-6,9-10H,3-4,7-8,11H2,1-2H3,(H,22,26). The highest BCUT2D eigenvalue weighted by molar-refractivity contribution is 7.99. The lowest BCUT2D eigenvalue weighted by Crippen LogP contribution is -2.17. The molecule has 10 heteroatoms. The molecule has 0 spiro atoms. The zero-order valence-electron chi connectivity index (χ0n) is 16.7. The van der Waals surface area contributed by atoms with Gasteiger partial charge in [-0.1, -0.05) is 11.8 Å². The number of anilines is 1. The van der Waals surface area contributed by atoms with Crippen LogP contribution in [0.2, 0.25) is 0 Å². The number of aromatic nitrogens is 4. The lowest BCUT2D eigenvalue weighted by molar-refractivity contribution is -0.113. The third kappa shape index (κ3) is 4.10. The number of amides is 1. The van der Waals surface area contributed by atoms with Crippen LogP contribution in [0.3, 0.4) is 0 Å². The fraction of sp³-hybridized carbons (Fsp3) is 0.350. The summed E-state index contributed by atoms with van der Waals surface area (Å²) in [6, 6.07) is 3.74. The Kier molecular flexibility index (Phi) is 6.14.